The second-order valence-corrected chi connectivity index (χ2v) is 5.01. The molecule has 0 spiro atoms. The van der Waals surface area contributed by atoms with Crippen LogP contribution in [0.2, 0.25) is 0 Å². The first-order valence-corrected chi connectivity index (χ1v) is 6.58. The summed E-state index contributed by atoms with van der Waals surface area (Å²) in [6.07, 6.45) is 0. The number of rotatable bonds is 3. The van der Waals surface area contributed by atoms with Crippen LogP contribution < -0.4 is 5.73 Å². The monoisotopic (exact) mass is 284 g/mol. The summed E-state index contributed by atoms with van der Waals surface area (Å²) in [7, 11) is 1.83. The Kier molecular flexibility index (Phi) is 3.03. The standard InChI is InChI=1S/C15H16N4O2/c1-8-13(12(7-20)18-19(8)2)10-5-3-4-9-6-11(15(16)21)17-14(9)10/h3-6,17,20H,7H2,1-2H3,(H2,16,21). The van der Waals surface area contributed by atoms with Crippen LogP contribution in [0.4, 0.5) is 0 Å². The maximum atomic E-state index is 11.3. The summed E-state index contributed by atoms with van der Waals surface area (Å²) < 4.78 is 1.73. The van der Waals surface area contributed by atoms with Gasteiger partial charge in [0.25, 0.3) is 5.91 Å². The largest absolute Gasteiger partial charge is 0.390 e. The average Bonchev–Trinajstić information content (AvgIpc) is 3.01. The van der Waals surface area contributed by atoms with E-state index in [0.717, 1.165) is 27.7 Å². The maximum Gasteiger partial charge on any atom is 0.265 e. The minimum absolute atomic E-state index is 0.142. The Morgan fingerprint density at radius 1 is 1.48 bits per heavy atom. The number of aromatic amines is 1. The summed E-state index contributed by atoms with van der Waals surface area (Å²) in [6.45, 7) is 1.80. The summed E-state index contributed by atoms with van der Waals surface area (Å²) >= 11 is 0. The Morgan fingerprint density at radius 3 is 2.90 bits per heavy atom. The van der Waals surface area contributed by atoms with Gasteiger partial charge in [-0.2, -0.15) is 5.10 Å². The predicted octanol–water partition coefficient (Wildman–Crippen LogP) is 1.47. The van der Waals surface area contributed by atoms with E-state index in [1.165, 1.54) is 0 Å². The third-order valence-corrected chi connectivity index (χ3v) is 3.75. The lowest BCUT2D eigenvalue weighted by molar-refractivity contribution is 0.0996. The minimum atomic E-state index is -0.498. The van der Waals surface area contributed by atoms with E-state index in [4.69, 9.17) is 5.73 Å². The molecule has 1 aromatic carbocycles. The zero-order valence-corrected chi connectivity index (χ0v) is 11.8. The van der Waals surface area contributed by atoms with E-state index in [9.17, 15) is 9.90 Å². The Balaban J connectivity index is 2.33. The van der Waals surface area contributed by atoms with Crippen molar-refractivity contribution in [2.45, 2.75) is 13.5 Å². The smallest absolute Gasteiger partial charge is 0.265 e. The molecule has 2 aromatic heterocycles. The number of hydrogen-bond acceptors (Lipinski definition) is 3. The molecule has 0 aliphatic rings. The number of amides is 1. The van der Waals surface area contributed by atoms with Crippen LogP contribution in [-0.2, 0) is 13.7 Å². The second kappa shape index (κ2) is 4.75. The quantitative estimate of drug-likeness (QED) is 0.679. The first-order chi connectivity index (χ1) is 10.0. The molecule has 0 unspecified atom stereocenters. The molecule has 3 rings (SSSR count). The summed E-state index contributed by atoms with van der Waals surface area (Å²) in [4.78, 5) is 14.4. The number of carbonyl (C=O) groups excluding carboxylic acids is 1. The molecule has 108 valence electrons. The van der Waals surface area contributed by atoms with E-state index in [1.54, 1.807) is 10.7 Å². The van der Waals surface area contributed by atoms with E-state index in [2.05, 4.69) is 10.1 Å². The second-order valence-electron chi connectivity index (χ2n) is 5.01. The van der Waals surface area contributed by atoms with Gasteiger partial charge in [0.15, 0.2) is 0 Å². The van der Waals surface area contributed by atoms with Gasteiger partial charge in [-0.15, -0.1) is 0 Å². The lowest BCUT2D eigenvalue weighted by Gasteiger charge is -2.05. The molecule has 2 heterocycles. The number of aliphatic hydroxyl groups is 1. The van der Waals surface area contributed by atoms with Gasteiger partial charge in [-0.1, -0.05) is 18.2 Å². The number of fused-ring (bicyclic) bond motifs is 1. The molecule has 0 radical (unpaired) electrons. The van der Waals surface area contributed by atoms with Crippen LogP contribution in [0.25, 0.3) is 22.0 Å². The molecule has 4 N–H and O–H groups in total. The fraction of sp³-hybridized carbons (Fsp3) is 0.200. The number of nitrogens with two attached hydrogens (primary N) is 1. The van der Waals surface area contributed by atoms with Gasteiger partial charge in [-0.05, 0) is 13.0 Å². The van der Waals surface area contributed by atoms with Gasteiger partial charge in [0, 0.05) is 29.3 Å². The number of aromatic nitrogens is 3. The minimum Gasteiger partial charge on any atom is -0.390 e. The van der Waals surface area contributed by atoms with Crippen LogP contribution in [0, 0.1) is 6.92 Å². The van der Waals surface area contributed by atoms with Crippen molar-refractivity contribution in [3.05, 3.63) is 41.3 Å². The van der Waals surface area contributed by atoms with Crippen molar-refractivity contribution in [1.29, 1.82) is 0 Å². The van der Waals surface area contributed by atoms with Crippen molar-refractivity contribution in [3.8, 4) is 11.1 Å². The summed E-state index contributed by atoms with van der Waals surface area (Å²) in [6, 6.07) is 7.48. The fourth-order valence-electron chi connectivity index (χ4n) is 2.63. The predicted molar refractivity (Wildman–Crippen MR) is 79.7 cm³/mol. The zero-order valence-electron chi connectivity index (χ0n) is 11.8. The fourth-order valence-corrected chi connectivity index (χ4v) is 2.63. The molecule has 0 saturated heterocycles. The SMILES string of the molecule is Cc1c(-c2cccc3cc(C(N)=O)[nH]c23)c(CO)nn1C. The number of nitrogens with one attached hydrogen (secondary N) is 1. The van der Waals surface area contributed by atoms with Gasteiger partial charge < -0.3 is 15.8 Å². The molecule has 1 amide bonds. The highest BCUT2D eigenvalue weighted by atomic mass is 16.3. The van der Waals surface area contributed by atoms with Crippen molar-refractivity contribution in [2.75, 3.05) is 0 Å². The molecular weight excluding hydrogens is 268 g/mol. The number of benzene rings is 1. The lowest BCUT2D eigenvalue weighted by Crippen LogP contribution is -2.10. The number of para-hydroxylation sites is 1. The van der Waals surface area contributed by atoms with E-state index in [-0.39, 0.29) is 6.61 Å². The third-order valence-electron chi connectivity index (χ3n) is 3.75. The van der Waals surface area contributed by atoms with Gasteiger partial charge in [-0.25, -0.2) is 0 Å². The molecule has 21 heavy (non-hydrogen) atoms. The van der Waals surface area contributed by atoms with Crippen molar-refractivity contribution in [3.63, 3.8) is 0 Å². The Hall–Kier alpha value is -2.60. The summed E-state index contributed by atoms with van der Waals surface area (Å²) in [5, 5.41) is 14.7. The van der Waals surface area contributed by atoms with Gasteiger partial charge in [-0.3, -0.25) is 9.48 Å². The number of nitrogens with zero attached hydrogens (tertiary/aromatic N) is 2. The van der Waals surface area contributed by atoms with E-state index >= 15 is 0 Å². The van der Waals surface area contributed by atoms with Crippen LogP contribution in [0.3, 0.4) is 0 Å². The number of aliphatic hydroxyl groups excluding tert-OH is 1. The zero-order chi connectivity index (χ0) is 15.1. The van der Waals surface area contributed by atoms with Crippen LogP contribution in [0.15, 0.2) is 24.3 Å². The normalized spacial score (nSPS) is 11.2. The Morgan fingerprint density at radius 2 is 2.24 bits per heavy atom. The molecule has 0 aliphatic carbocycles. The summed E-state index contributed by atoms with van der Waals surface area (Å²) in [5.74, 6) is -0.498. The molecular formula is C15H16N4O2. The molecule has 0 atom stereocenters. The van der Waals surface area contributed by atoms with E-state index in [0.29, 0.717) is 11.4 Å². The summed E-state index contributed by atoms with van der Waals surface area (Å²) in [5.41, 5.74) is 9.84. The van der Waals surface area contributed by atoms with Crippen molar-refractivity contribution < 1.29 is 9.90 Å². The lowest BCUT2D eigenvalue weighted by atomic mass is 10.0. The number of primary amides is 1. The third kappa shape index (κ3) is 2.00. The topological polar surface area (TPSA) is 96.9 Å². The molecule has 0 fully saturated rings. The van der Waals surface area contributed by atoms with Crippen LogP contribution >= 0.6 is 0 Å². The number of carbonyl (C=O) groups is 1. The maximum absolute atomic E-state index is 11.3. The molecule has 0 bridgehead atoms. The number of aryl methyl sites for hydroxylation is 1. The molecule has 0 saturated carbocycles. The first kappa shape index (κ1) is 13.4. The van der Waals surface area contributed by atoms with Gasteiger partial charge in [0.2, 0.25) is 0 Å². The van der Waals surface area contributed by atoms with Crippen molar-refractivity contribution in [2.24, 2.45) is 12.8 Å². The highest BCUT2D eigenvalue weighted by Gasteiger charge is 2.18. The average molecular weight is 284 g/mol. The van der Waals surface area contributed by atoms with Crippen LogP contribution in [0.5, 0.6) is 0 Å². The number of hydrogen-bond donors (Lipinski definition) is 3. The Labute approximate surface area is 121 Å². The highest BCUT2D eigenvalue weighted by Crippen LogP contribution is 2.33. The molecule has 0 aliphatic heterocycles. The van der Waals surface area contributed by atoms with Gasteiger partial charge >= 0.3 is 0 Å². The van der Waals surface area contributed by atoms with Crippen LogP contribution in [-0.4, -0.2) is 25.8 Å². The van der Waals surface area contributed by atoms with E-state index in [1.807, 2.05) is 32.2 Å². The van der Waals surface area contributed by atoms with Crippen molar-refractivity contribution >= 4 is 16.8 Å². The van der Waals surface area contributed by atoms with Gasteiger partial charge in [0.05, 0.1) is 17.8 Å². The first-order valence-electron chi connectivity index (χ1n) is 6.58. The molecule has 3 aromatic rings. The Bertz CT molecular complexity index is 845. The highest BCUT2D eigenvalue weighted by molar-refractivity contribution is 6.02. The van der Waals surface area contributed by atoms with Crippen LogP contribution in [0.1, 0.15) is 21.9 Å². The van der Waals surface area contributed by atoms with Crippen molar-refractivity contribution in [1.82, 2.24) is 14.8 Å². The van der Waals surface area contributed by atoms with Gasteiger partial charge in [0.1, 0.15) is 5.69 Å². The molecule has 6 heteroatoms. The number of H-pyrrole nitrogens is 1. The van der Waals surface area contributed by atoms with E-state index < -0.39 is 5.91 Å². The molecule has 6 nitrogen and oxygen atoms in total.